The third-order valence-electron chi connectivity index (χ3n) is 4.22. The van der Waals surface area contributed by atoms with Crippen LogP contribution in [-0.2, 0) is 0 Å². The van der Waals surface area contributed by atoms with Gasteiger partial charge >= 0.3 is 5.63 Å². The molecule has 120 valence electrons. The lowest BCUT2D eigenvalue weighted by molar-refractivity contribution is 0.570. The van der Waals surface area contributed by atoms with Gasteiger partial charge in [-0.2, -0.15) is 5.26 Å². The lowest BCUT2D eigenvalue weighted by atomic mass is 9.93. The lowest BCUT2D eigenvalue weighted by Crippen LogP contribution is -2.06. The maximum Gasteiger partial charge on any atom is 0.346 e. The topological polar surface area (TPSA) is 80.0 Å². The average Bonchev–Trinajstić information content (AvgIpc) is 2.62. The molecule has 0 unspecified atom stereocenters. The first-order valence-electron chi connectivity index (χ1n) is 7.54. The number of rotatable bonds is 1. The molecule has 0 fully saturated rings. The highest BCUT2D eigenvalue weighted by Gasteiger charge is 2.18. The van der Waals surface area contributed by atoms with Crippen LogP contribution >= 0.6 is 0 Å². The van der Waals surface area contributed by atoms with Gasteiger partial charge in [-0.15, -0.1) is 0 Å². The molecule has 4 rings (SSSR count). The van der Waals surface area contributed by atoms with E-state index in [0.717, 1.165) is 5.39 Å². The fourth-order valence-corrected chi connectivity index (χ4v) is 3.04. The van der Waals surface area contributed by atoms with Gasteiger partial charge in [-0.3, -0.25) is 0 Å². The zero-order chi connectivity index (χ0) is 17.6. The molecular weight excluding hydrogens is 319 g/mol. The molecule has 0 saturated carbocycles. The summed E-state index contributed by atoms with van der Waals surface area (Å²) in [4.78, 5) is 12.4. The van der Waals surface area contributed by atoms with Crippen LogP contribution in [-0.4, -0.2) is 0 Å². The van der Waals surface area contributed by atoms with E-state index in [4.69, 9.17) is 10.2 Å². The van der Waals surface area contributed by atoms with Crippen LogP contribution in [0.25, 0.3) is 32.9 Å². The Hall–Kier alpha value is -3.65. The van der Waals surface area contributed by atoms with Crippen molar-refractivity contribution in [2.24, 2.45) is 0 Å². The van der Waals surface area contributed by atoms with Crippen molar-refractivity contribution >= 4 is 27.4 Å². The van der Waals surface area contributed by atoms with E-state index in [1.807, 2.05) is 18.2 Å². The van der Waals surface area contributed by atoms with Crippen LogP contribution in [0.3, 0.4) is 0 Å². The third kappa shape index (κ3) is 2.24. The van der Waals surface area contributed by atoms with Gasteiger partial charge in [0, 0.05) is 16.3 Å². The van der Waals surface area contributed by atoms with Crippen molar-refractivity contribution in [1.29, 1.82) is 5.26 Å². The minimum atomic E-state index is -0.589. The Morgan fingerprint density at radius 2 is 1.76 bits per heavy atom. The summed E-state index contributed by atoms with van der Waals surface area (Å²) in [6, 6.07) is 16.7. The van der Waals surface area contributed by atoms with Crippen LogP contribution in [0.1, 0.15) is 5.56 Å². The molecule has 0 aliphatic carbocycles. The van der Waals surface area contributed by atoms with Gasteiger partial charge in [0.2, 0.25) is 0 Å². The van der Waals surface area contributed by atoms with Gasteiger partial charge in [0.1, 0.15) is 17.5 Å². The Labute approximate surface area is 141 Å². The van der Waals surface area contributed by atoms with Gasteiger partial charge in [0.05, 0.1) is 16.6 Å². The number of nitriles is 1. The van der Waals surface area contributed by atoms with E-state index in [1.54, 1.807) is 30.3 Å². The zero-order valence-corrected chi connectivity index (χ0v) is 12.9. The molecular formula is C20H11FN2O2. The largest absolute Gasteiger partial charge is 0.422 e. The Kier molecular flexibility index (Phi) is 3.26. The van der Waals surface area contributed by atoms with E-state index >= 15 is 0 Å². The third-order valence-corrected chi connectivity index (χ3v) is 4.22. The molecule has 0 saturated heterocycles. The quantitative estimate of drug-likeness (QED) is 0.322. The molecule has 5 heteroatoms. The molecule has 0 aliphatic heterocycles. The van der Waals surface area contributed by atoms with Crippen LogP contribution in [0.15, 0.2) is 63.8 Å². The smallest absolute Gasteiger partial charge is 0.346 e. The van der Waals surface area contributed by atoms with Crippen LogP contribution < -0.4 is 11.4 Å². The highest BCUT2D eigenvalue weighted by atomic mass is 19.1. The fourth-order valence-electron chi connectivity index (χ4n) is 3.04. The fraction of sp³-hybridized carbons (Fsp3) is 0. The number of benzene rings is 3. The van der Waals surface area contributed by atoms with Crippen molar-refractivity contribution < 1.29 is 8.81 Å². The lowest BCUT2D eigenvalue weighted by Gasteiger charge is -2.11. The van der Waals surface area contributed by atoms with Crippen LogP contribution in [0, 0.1) is 17.1 Å². The van der Waals surface area contributed by atoms with Crippen LogP contribution in [0.2, 0.25) is 0 Å². The van der Waals surface area contributed by atoms with Gasteiger partial charge in [0.15, 0.2) is 0 Å². The first-order valence-corrected chi connectivity index (χ1v) is 7.54. The maximum atomic E-state index is 13.2. The molecule has 0 atom stereocenters. The van der Waals surface area contributed by atoms with E-state index in [9.17, 15) is 14.4 Å². The highest BCUT2D eigenvalue weighted by molar-refractivity contribution is 6.11. The second-order valence-corrected chi connectivity index (χ2v) is 5.64. The molecule has 0 bridgehead atoms. The molecule has 0 radical (unpaired) electrons. The van der Waals surface area contributed by atoms with Crippen molar-refractivity contribution in [2.45, 2.75) is 0 Å². The van der Waals surface area contributed by atoms with Gasteiger partial charge in [-0.25, -0.2) is 9.18 Å². The number of anilines is 1. The molecule has 25 heavy (non-hydrogen) atoms. The van der Waals surface area contributed by atoms with Crippen molar-refractivity contribution in [3.05, 3.63) is 76.4 Å². The van der Waals surface area contributed by atoms with E-state index in [0.29, 0.717) is 22.1 Å². The highest BCUT2D eigenvalue weighted by Crippen LogP contribution is 2.35. The number of nitrogen functional groups attached to an aromatic ring is 1. The van der Waals surface area contributed by atoms with E-state index in [-0.39, 0.29) is 22.5 Å². The SMILES string of the molecule is N#Cc1c(-c2ccc(F)cc2)cc2c(c1N)c(=O)oc1ccccc12. The Morgan fingerprint density at radius 1 is 1.04 bits per heavy atom. The monoisotopic (exact) mass is 330 g/mol. The summed E-state index contributed by atoms with van der Waals surface area (Å²) in [7, 11) is 0. The van der Waals surface area contributed by atoms with Crippen LogP contribution in [0.4, 0.5) is 10.1 Å². The van der Waals surface area contributed by atoms with Crippen molar-refractivity contribution in [3.8, 4) is 17.2 Å². The van der Waals surface area contributed by atoms with Crippen molar-refractivity contribution in [1.82, 2.24) is 0 Å². The molecule has 4 nitrogen and oxygen atoms in total. The second-order valence-electron chi connectivity index (χ2n) is 5.64. The summed E-state index contributed by atoms with van der Waals surface area (Å²) in [5.41, 5.74) is 7.41. The number of nitrogens with zero attached hydrogens (tertiary/aromatic N) is 1. The molecule has 3 aromatic carbocycles. The van der Waals surface area contributed by atoms with Crippen LogP contribution in [0.5, 0.6) is 0 Å². The first kappa shape index (κ1) is 14.9. The summed E-state index contributed by atoms with van der Waals surface area (Å²) in [5.74, 6) is -0.373. The average molecular weight is 330 g/mol. The summed E-state index contributed by atoms with van der Waals surface area (Å²) in [5, 5.41) is 11.0. The van der Waals surface area contributed by atoms with E-state index in [1.165, 1.54) is 12.1 Å². The molecule has 1 aromatic heterocycles. The van der Waals surface area contributed by atoms with E-state index < -0.39 is 5.63 Å². The molecule has 4 aromatic rings. The van der Waals surface area contributed by atoms with Crippen molar-refractivity contribution in [3.63, 3.8) is 0 Å². The summed E-state index contributed by atoms with van der Waals surface area (Å²) in [6.45, 7) is 0. The molecule has 0 amide bonds. The van der Waals surface area contributed by atoms with Gasteiger partial charge < -0.3 is 10.2 Å². The minimum absolute atomic E-state index is 0.0684. The number of fused-ring (bicyclic) bond motifs is 3. The maximum absolute atomic E-state index is 13.2. The predicted molar refractivity (Wildman–Crippen MR) is 94.5 cm³/mol. The number of nitrogens with two attached hydrogens (primary N) is 1. The molecule has 0 spiro atoms. The number of hydrogen-bond donors (Lipinski definition) is 1. The normalized spacial score (nSPS) is 10.9. The van der Waals surface area contributed by atoms with Gasteiger partial charge in [0.25, 0.3) is 0 Å². The zero-order valence-electron chi connectivity index (χ0n) is 12.9. The molecule has 1 heterocycles. The number of hydrogen-bond acceptors (Lipinski definition) is 4. The Morgan fingerprint density at radius 3 is 2.48 bits per heavy atom. The number of para-hydroxylation sites is 1. The van der Waals surface area contributed by atoms with Gasteiger partial charge in [-0.1, -0.05) is 30.3 Å². The summed E-state index contributed by atoms with van der Waals surface area (Å²) >= 11 is 0. The standard InChI is InChI=1S/C20H11FN2O2/c21-12-7-5-11(6-8-12)14-9-15-13-3-1-2-4-17(13)25-20(24)18(15)19(23)16(14)10-22/h1-9H,23H2. The summed E-state index contributed by atoms with van der Waals surface area (Å²) < 4.78 is 18.6. The molecule has 2 N–H and O–H groups in total. The Bertz CT molecular complexity index is 1240. The van der Waals surface area contributed by atoms with Gasteiger partial charge in [-0.05, 0) is 29.8 Å². The predicted octanol–water partition coefficient (Wildman–Crippen LogP) is 4.21. The summed E-state index contributed by atoms with van der Waals surface area (Å²) in [6.07, 6.45) is 0. The Balaban J connectivity index is 2.21. The first-order chi connectivity index (χ1) is 12.1. The molecule has 0 aliphatic rings. The second kappa shape index (κ2) is 5.46. The van der Waals surface area contributed by atoms with E-state index in [2.05, 4.69) is 0 Å². The minimum Gasteiger partial charge on any atom is -0.422 e. The number of halogens is 1. The van der Waals surface area contributed by atoms with Crippen molar-refractivity contribution in [2.75, 3.05) is 5.73 Å².